The minimum absolute atomic E-state index is 0.0263. The lowest BCUT2D eigenvalue weighted by atomic mass is 9.67. The Kier molecular flexibility index (Phi) is 6.34. The van der Waals surface area contributed by atoms with Crippen LogP contribution in [0.5, 0.6) is 0 Å². The van der Waals surface area contributed by atoms with Gasteiger partial charge in [-0.15, -0.1) is 0 Å². The van der Waals surface area contributed by atoms with Crippen molar-refractivity contribution in [2.75, 3.05) is 13.2 Å². The predicted octanol–water partition coefficient (Wildman–Crippen LogP) is 0.566. The summed E-state index contributed by atoms with van der Waals surface area (Å²) in [6.45, 7) is 3.44. The van der Waals surface area contributed by atoms with Crippen LogP contribution in [0.2, 0.25) is 0 Å². The van der Waals surface area contributed by atoms with Crippen LogP contribution in [0.4, 0.5) is 0 Å². The summed E-state index contributed by atoms with van der Waals surface area (Å²) in [5.41, 5.74) is 0. The second-order valence-corrected chi connectivity index (χ2v) is 6.69. The lowest BCUT2D eigenvalue weighted by molar-refractivity contribution is -0.156. The number of hydrogen-bond donors (Lipinski definition) is 2. The zero-order chi connectivity index (χ0) is 17.7. The van der Waals surface area contributed by atoms with E-state index in [9.17, 15) is 19.2 Å². The van der Waals surface area contributed by atoms with Gasteiger partial charge in [0.25, 0.3) is 5.91 Å². The first-order chi connectivity index (χ1) is 11.4. The molecule has 2 amide bonds. The van der Waals surface area contributed by atoms with E-state index >= 15 is 0 Å². The van der Waals surface area contributed by atoms with Crippen LogP contribution in [0.15, 0.2) is 0 Å². The highest BCUT2D eigenvalue weighted by molar-refractivity contribution is 5.89. The summed E-state index contributed by atoms with van der Waals surface area (Å²) in [6, 6.07) is -0.678. The van der Waals surface area contributed by atoms with Crippen molar-refractivity contribution in [3.63, 3.8) is 0 Å². The average molecular weight is 338 g/mol. The van der Waals surface area contributed by atoms with Crippen LogP contribution in [0.25, 0.3) is 0 Å². The van der Waals surface area contributed by atoms with Crippen molar-refractivity contribution < 1.29 is 23.9 Å². The number of esters is 1. The van der Waals surface area contributed by atoms with E-state index in [0.29, 0.717) is 25.2 Å². The number of likely N-dealkylation sites (N-methyl/N-ethyl adjacent to an activating group) is 1. The third kappa shape index (κ3) is 4.55. The summed E-state index contributed by atoms with van der Waals surface area (Å²) < 4.78 is 5.09. The number of ketones is 1. The summed E-state index contributed by atoms with van der Waals surface area (Å²) in [6.07, 6.45) is 3.81. The highest BCUT2D eigenvalue weighted by Crippen LogP contribution is 2.40. The van der Waals surface area contributed by atoms with E-state index in [1.165, 1.54) is 0 Å². The van der Waals surface area contributed by atoms with Gasteiger partial charge in [0, 0.05) is 18.4 Å². The molecule has 0 aromatic carbocycles. The first-order valence-electron chi connectivity index (χ1n) is 8.69. The maximum Gasteiger partial charge on any atom is 0.309 e. The number of fused-ring (bicyclic) bond motifs is 2. The Hall–Kier alpha value is -1.92. The van der Waals surface area contributed by atoms with E-state index in [1.807, 2.05) is 0 Å². The molecule has 2 aliphatic rings. The number of carbonyl (C=O) groups is 4. The molecule has 7 nitrogen and oxygen atoms in total. The number of carbonyl (C=O) groups excluding carboxylic acids is 4. The molecule has 4 atom stereocenters. The molecular weight excluding hydrogens is 312 g/mol. The van der Waals surface area contributed by atoms with Gasteiger partial charge in [0.1, 0.15) is 11.8 Å². The topological polar surface area (TPSA) is 102 Å². The van der Waals surface area contributed by atoms with E-state index < -0.39 is 24.5 Å². The van der Waals surface area contributed by atoms with Crippen LogP contribution in [-0.4, -0.2) is 42.8 Å². The number of nitrogens with one attached hydrogen (secondary N) is 2. The number of hydrogen-bond acceptors (Lipinski definition) is 5. The van der Waals surface area contributed by atoms with E-state index in [2.05, 4.69) is 10.6 Å². The molecule has 0 heterocycles. The summed E-state index contributed by atoms with van der Waals surface area (Å²) in [5.74, 6) is -1.26. The summed E-state index contributed by atoms with van der Waals surface area (Å²) in [4.78, 5) is 47.5. The maximum atomic E-state index is 12.2. The molecule has 0 aromatic rings. The van der Waals surface area contributed by atoms with Crippen LogP contribution in [0, 0.1) is 17.8 Å². The van der Waals surface area contributed by atoms with Crippen LogP contribution in [0.1, 0.15) is 46.0 Å². The fraction of sp³-hybridized carbons (Fsp3) is 0.765. The normalized spacial score (nSPS) is 27.1. The Morgan fingerprint density at radius 3 is 2.42 bits per heavy atom. The molecule has 134 valence electrons. The SMILES string of the molecule is CCNC(=O)[C@H](C)NC(=O)COC(=O)C1C[C@H]2CCC[C@@H](C1)C2=O. The Labute approximate surface area is 141 Å². The van der Waals surface area contributed by atoms with Crippen molar-refractivity contribution >= 4 is 23.6 Å². The van der Waals surface area contributed by atoms with Crippen molar-refractivity contribution in [1.82, 2.24) is 10.6 Å². The van der Waals surface area contributed by atoms with Gasteiger partial charge < -0.3 is 15.4 Å². The third-order valence-corrected chi connectivity index (χ3v) is 4.85. The Morgan fingerprint density at radius 2 is 1.83 bits per heavy atom. The summed E-state index contributed by atoms with van der Waals surface area (Å²) >= 11 is 0. The van der Waals surface area contributed by atoms with Gasteiger partial charge in [0.05, 0.1) is 5.92 Å². The second-order valence-electron chi connectivity index (χ2n) is 6.69. The van der Waals surface area contributed by atoms with Crippen LogP contribution in [0.3, 0.4) is 0 Å². The number of amides is 2. The molecule has 0 aliphatic heterocycles. The molecule has 7 heteroatoms. The predicted molar refractivity (Wildman–Crippen MR) is 85.8 cm³/mol. The molecule has 1 unspecified atom stereocenters. The number of Topliss-reactive ketones (excluding diaryl/α,β-unsaturated/α-hetero) is 1. The number of ether oxygens (including phenoxy) is 1. The Balaban J connectivity index is 1.76. The van der Waals surface area contributed by atoms with Gasteiger partial charge in [0.15, 0.2) is 6.61 Å². The quantitative estimate of drug-likeness (QED) is 0.689. The molecule has 0 spiro atoms. The van der Waals surface area contributed by atoms with E-state index in [1.54, 1.807) is 13.8 Å². The molecule has 0 aromatic heterocycles. The fourth-order valence-corrected chi connectivity index (χ4v) is 3.60. The van der Waals surface area contributed by atoms with Crippen LogP contribution >= 0.6 is 0 Å². The Morgan fingerprint density at radius 1 is 1.21 bits per heavy atom. The molecular formula is C17H26N2O5. The highest BCUT2D eigenvalue weighted by Gasteiger charge is 2.41. The minimum Gasteiger partial charge on any atom is -0.455 e. The molecule has 0 saturated heterocycles. The smallest absolute Gasteiger partial charge is 0.309 e. The monoisotopic (exact) mass is 338 g/mol. The second kappa shape index (κ2) is 8.26. The van der Waals surface area contributed by atoms with Gasteiger partial charge in [-0.05, 0) is 39.5 Å². The maximum absolute atomic E-state index is 12.2. The average Bonchev–Trinajstić information content (AvgIpc) is 2.52. The Bertz CT molecular complexity index is 503. The fourth-order valence-electron chi connectivity index (χ4n) is 3.60. The van der Waals surface area contributed by atoms with E-state index in [0.717, 1.165) is 19.3 Å². The van der Waals surface area contributed by atoms with Crippen molar-refractivity contribution in [3.05, 3.63) is 0 Å². The van der Waals surface area contributed by atoms with Crippen molar-refractivity contribution in [3.8, 4) is 0 Å². The molecule has 2 saturated carbocycles. The molecule has 2 fully saturated rings. The van der Waals surface area contributed by atoms with Crippen molar-refractivity contribution in [1.29, 1.82) is 0 Å². The van der Waals surface area contributed by atoms with Gasteiger partial charge in [-0.3, -0.25) is 19.2 Å². The largest absolute Gasteiger partial charge is 0.455 e. The standard InChI is InChI=1S/C17H26N2O5/c1-3-18-16(22)10(2)19-14(20)9-24-17(23)13-7-11-5-4-6-12(8-13)15(11)21/h10-13H,3-9H2,1-2H3,(H,18,22)(H,19,20)/t10-,11-,12+,13?/m0/s1. The van der Waals surface area contributed by atoms with Gasteiger partial charge in [-0.2, -0.15) is 0 Å². The van der Waals surface area contributed by atoms with Gasteiger partial charge in [-0.25, -0.2) is 0 Å². The van der Waals surface area contributed by atoms with E-state index in [-0.39, 0.29) is 23.7 Å². The van der Waals surface area contributed by atoms with Crippen LogP contribution < -0.4 is 10.6 Å². The van der Waals surface area contributed by atoms with E-state index in [4.69, 9.17) is 4.74 Å². The summed E-state index contributed by atoms with van der Waals surface area (Å²) in [7, 11) is 0. The zero-order valence-electron chi connectivity index (χ0n) is 14.3. The summed E-state index contributed by atoms with van der Waals surface area (Å²) in [5, 5.41) is 5.09. The highest BCUT2D eigenvalue weighted by atomic mass is 16.5. The first kappa shape index (κ1) is 18.4. The molecule has 2 aliphatic carbocycles. The lowest BCUT2D eigenvalue weighted by Gasteiger charge is -2.36. The zero-order valence-corrected chi connectivity index (χ0v) is 14.3. The van der Waals surface area contributed by atoms with Crippen molar-refractivity contribution in [2.45, 2.75) is 52.0 Å². The van der Waals surface area contributed by atoms with Crippen LogP contribution in [-0.2, 0) is 23.9 Å². The van der Waals surface area contributed by atoms with Crippen molar-refractivity contribution in [2.24, 2.45) is 17.8 Å². The number of rotatable bonds is 6. The molecule has 2 rings (SSSR count). The van der Waals surface area contributed by atoms with Gasteiger partial charge >= 0.3 is 5.97 Å². The van der Waals surface area contributed by atoms with Gasteiger partial charge in [0.2, 0.25) is 5.91 Å². The first-order valence-corrected chi connectivity index (χ1v) is 8.69. The molecule has 24 heavy (non-hydrogen) atoms. The lowest BCUT2D eigenvalue weighted by Crippen LogP contribution is -2.46. The third-order valence-electron chi connectivity index (χ3n) is 4.85. The van der Waals surface area contributed by atoms with Gasteiger partial charge in [-0.1, -0.05) is 6.42 Å². The molecule has 0 radical (unpaired) electrons. The minimum atomic E-state index is -0.678. The molecule has 2 N–H and O–H groups in total. The molecule has 2 bridgehead atoms.